The van der Waals surface area contributed by atoms with Crippen molar-refractivity contribution in [2.45, 2.75) is 52.5 Å². The normalized spacial score (nSPS) is 15.7. The highest BCUT2D eigenvalue weighted by Crippen LogP contribution is 2.39. The highest BCUT2D eigenvalue weighted by Gasteiger charge is 2.25. The Morgan fingerprint density at radius 3 is 2.96 bits per heavy atom. The lowest BCUT2D eigenvalue weighted by atomic mass is 9.88. The summed E-state index contributed by atoms with van der Waals surface area (Å²) in [4.78, 5) is 23.8. The predicted octanol–water partition coefficient (Wildman–Crippen LogP) is 4.23. The Labute approximate surface area is 171 Å². The second kappa shape index (κ2) is 8.29. The van der Waals surface area contributed by atoms with Gasteiger partial charge in [-0.15, -0.1) is 11.3 Å². The molecule has 0 fully saturated rings. The topological polar surface area (TPSA) is 114 Å². The molecule has 0 aliphatic heterocycles. The van der Waals surface area contributed by atoms with Gasteiger partial charge in [-0.05, 0) is 49.0 Å². The molecule has 148 valence electrons. The van der Waals surface area contributed by atoms with Crippen LogP contribution in [-0.2, 0) is 24.2 Å². The van der Waals surface area contributed by atoms with Gasteiger partial charge in [0.15, 0.2) is 5.02 Å². The molecule has 0 saturated heterocycles. The molecular formula is C18H20ClN5O3S. The van der Waals surface area contributed by atoms with Crippen molar-refractivity contribution in [3.8, 4) is 6.07 Å². The first-order valence-electron chi connectivity index (χ1n) is 9.03. The molecule has 2 aromatic rings. The lowest BCUT2D eigenvalue weighted by Gasteiger charge is -2.17. The number of fused-ring (bicyclic) bond motifs is 1. The van der Waals surface area contributed by atoms with E-state index in [1.807, 2.05) is 0 Å². The number of aryl methyl sites for hydroxylation is 1. The number of rotatable bonds is 6. The molecule has 8 nitrogen and oxygen atoms in total. The summed E-state index contributed by atoms with van der Waals surface area (Å²) in [6.45, 7) is 4.19. The van der Waals surface area contributed by atoms with Gasteiger partial charge in [-0.1, -0.05) is 18.5 Å². The number of halogens is 1. The van der Waals surface area contributed by atoms with Crippen molar-refractivity contribution >= 4 is 39.7 Å². The van der Waals surface area contributed by atoms with E-state index in [1.165, 1.54) is 20.9 Å². The molecule has 2 heterocycles. The molecule has 0 radical (unpaired) electrons. The summed E-state index contributed by atoms with van der Waals surface area (Å²) in [5.41, 5.74) is 2.17. The van der Waals surface area contributed by atoms with Crippen LogP contribution in [0.4, 0.5) is 10.8 Å². The Morgan fingerprint density at radius 2 is 2.32 bits per heavy atom. The third-order valence-corrected chi connectivity index (χ3v) is 6.55. The zero-order chi connectivity index (χ0) is 20.4. The second-order valence-corrected chi connectivity index (χ2v) is 8.51. The number of hydrogen-bond acceptors (Lipinski definition) is 6. The molecule has 1 aliphatic rings. The summed E-state index contributed by atoms with van der Waals surface area (Å²) < 4.78 is 1.44. The number of amides is 1. The molecule has 0 aromatic carbocycles. The second-order valence-electron chi connectivity index (χ2n) is 7.02. The number of nitriles is 1. The standard InChI is InChI=1S/C18H20ClN5O3S/c1-10-5-6-12-13(9-20)18(28-14(12)8-10)21-15(25)4-3-7-23-11(2)16(19)17(22-23)24(26)27/h10H,3-8H2,1-2H3,(H,21,25). The first-order chi connectivity index (χ1) is 13.3. The van der Waals surface area contributed by atoms with Crippen LogP contribution in [0.15, 0.2) is 0 Å². The molecular weight excluding hydrogens is 402 g/mol. The van der Waals surface area contributed by atoms with Crippen LogP contribution in [0.1, 0.15) is 47.9 Å². The molecule has 1 aliphatic carbocycles. The van der Waals surface area contributed by atoms with E-state index in [9.17, 15) is 20.2 Å². The Balaban J connectivity index is 1.61. The molecule has 1 atom stereocenters. The molecule has 0 spiro atoms. The molecule has 28 heavy (non-hydrogen) atoms. The van der Waals surface area contributed by atoms with Crippen molar-refractivity contribution in [1.82, 2.24) is 9.78 Å². The maximum absolute atomic E-state index is 12.3. The van der Waals surface area contributed by atoms with E-state index in [0.717, 1.165) is 24.8 Å². The Morgan fingerprint density at radius 1 is 1.57 bits per heavy atom. The van der Waals surface area contributed by atoms with Gasteiger partial charge < -0.3 is 15.4 Å². The fraction of sp³-hybridized carbons (Fsp3) is 0.500. The minimum Gasteiger partial charge on any atom is -0.358 e. The molecule has 1 N–H and O–H groups in total. The molecule has 0 saturated carbocycles. The van der Waals surface area contributed by atoms with Gasteiger partial charge in [0.2, 0.25) is 5.91 Å². The van der Waals surface area contributed by atoms with E-state index >= 15 is 0 Å². The van der Waals surface area contributed by atoms with Crippen molar-refractivity contribution in [3.05, 3.63) is 36.8 Å². The van der Waals surface area contributed by atoms with Crippen LogP contribution in [0.25, 0.3) is 0 Å². The van der Waals surface area contributed by atoms with E-state index in [2.05, 4.69) is 23.4 Å². The Kier molecular flexibility index (Phi) is 6.01. The van der Waals surface area contributed by atoms with E-state index in [4.69, 9.17) is 11.6 Å². The van der Waals surface area contributed by atoms with Gasteiger partial charge in [0, 0.05) is 11.3 Å². The summed E-state index contributed by atoms with van der Waals surface area (Å²) in [7, 11) is 0. The smallest absolute Gasteiger partial charge is 0.358 e. The number of hydrogen-bond donors (Lipinski definition) is 1. The van der Waals surface area contributed by atoms with Gasteiger partial charge in [-0.2, -0.15) is 9.94 Å². The number of thiophene rings is 1. The van der Waals surface area contributed by atoms with E-state index in [0.29, 0.717) is 35.1 Å². The van der Waals surface area contributed by atoms with Crippen LogP contribution < -0.4 is 5.32 Å². The quantitative estimate of drug-likeness (QED) is 0.553. The van der Waals surface area contributed by atoms with Crippen LogP contribution in [0.5, 0.6) is 0 Å². The third-order valence-electron chi connectivity index (χ3n) is 4.94. The van der Waals surface area contributed by atoms with E-state index < -0.39 is 4.92 Å². The maximum Gasteiger partial charge on any atom is 0.408 e. The summed E-state index contributed by atoms with van der Waals surface area (Å²) in [5.74, 6) is 0.0312. The Bertz CT molecular complexity index is 975. The molecule has 10 heteroatoms. The lowest BCUT2D eigenvalue weighted by molar-refractivity contribution is -0.389. The number of carbonyl (C=O) groups is 1. The van der Waals surface area contributed by atoms with Crippen molar-refractivity contribution in [1.29, 1.82) is 5.26 Å². The fourth-order valence-corrected chi connectivity index (χ4v) is 4.96. The van der Waals surface area contributed by atoms with Crippen LogP contribution >= 0.6 is 22.9 Å². The van der Waals surface area contributed by atoms with Gasteiger partial charge in [0.25, 0.3) is 0 Å². The largest absolute Gasteiger partial charge is 0.408 e. The lowest BCUT2D eigenvalue weighted by Crippen LogP contribution is -2.13. The fourth-order valence-electron chi connectivity index (χ4n) is 3.38. The maximum atomic E-state index is 12.3. The first-order valence-corrected chi connectivity index (χ1v) is 10.2. The number of nitrogens with one attached hydrogen (secondary N) is 1. The molecule has 3 rings (SSSR count). The van der Waals surface area contributed by atoms with Gasteiger partial charge in [0.05, 0.1) is 22.9 Å². The third kappa shape index (κ3) is 4.03. The number of nitro groups is 1. The summed E-state index contributed by atoms with van der Waals surface area (Å²) in [6.07, 6.45) is 3.55. The predicted molar refractivity (Wildman–Crippen MR) is 107 cm³/mol. The minimum absolute atomic E-state index is 0.0199. The number of anilines is 1. The van der Waals surface area contributed by atoms with Crippen LogP contribution in [-0.4, -0.2) is 20.6 Å². The van der Waals surface area contributed by atoms with Crippen LogP contribution in [0, 0.1) is 34.3 Å². The number of carbonyl (C=O) groups excluding carboxylic acids is 1. The van der Waals surface area contributed by atoms with Crippen molar-refractivity contribution in [2.24, 2.45) is 5.92 Å². The van der Waals surface area contributed by atoms with E-state index in [1.54, 1.807) is 6.92 Å². The zero-order valence-corrected chi connectivity index (χ0v) is 17.2. The highest BCUT2D eigenvalue weighted by molar-refractivity contribution is 7.16. The SMILES string of the molecule is Cc1c(Cl)c([N+](=O)[O-])nn1CCCC(=O)Nc1sc2c(c1C#N)CCC(C)C2. The number of nitrogens with zero attached hydrogens (tertiary/aromatic N) is 4. The van der Waals surface area contributed by atoms with Gasteiger partial charge in [0.1, 0.15) is 11.1 Å². The number of aromatic nitrogens is 2. The molecule has 1 amide bonds. The molecule has 1 unspecified atom stereocenters. The monoisotopic (exact) mass is 421 g/mol. The van der Waals surface area contributed by atoms with Crippen LogP contribution in [0.3, 0.4) is 0 Å². The van der Waals surface area contributed by atoms with Crippen molar-refractivity contribution < 1.29 is 9.72 Å². The molecule has 0 bridgehead atoms. The van der Waals surface area contributed by atoms with Crippen molar-refractivity contribution in [3.63, 3.8) is 0 Å². The first kappa shape index (κ1) is 20.3. The average Bonchev–Trinajstić information content (AvgIpc) is 3.12. The average molecular weight is 422 g/mol. The Hall–Kier alpha value is -2.44. The van der Waals surface area contributed by atoms with Gasteiger partial charge >= 0.3 is 5.82 Å². The summed E-state index contributed by atoms with van der Waals surface area (Å²) in [5, 5.41) is 27.8. The van der Waals surface area contributed by atoms with Gasteiger partial charge in [-0.25, -0.2) is 0 Å². The summed E-state index contributed by atoms with van der Waals surface area (Å²) in [6, 6.07) is 2.24. The van der Waals surface area contributed by atoms with Crippen molar-refractivity contribution in [2.75, 3.05) is 5.32 Å². The summed E-state index contributed by atoms with van der Waals surface area (Å²) >= 11 is 7.41. The van der Waals surface area contributed by atoms with E-state index in [-0.39, 0.29) is 23.2 Å². The molecule has 2 aromatic heterocycles. The van der Waals surface area contributed by atoms with Gasteiger partial charge in [-0.3, -0.25) is 4.79 Å². The highest BCUT2D eigenvalue weighted by atomic mass is 35.5. The zero-order valence-electron chi connectivity index (χ0n) is 15.6. The minimum atomic E-state index is -0.624. The van der Waals surface area contributed by atoms with Crippen LogP contribution in [0.2, 0.25) is 5.02 Å².